The maximum absolute atomic E-state index is 12.6. The van der Waals surface area contributed by atoms with Gasteiger partial charge in [-0.05, 0) is 44.0 Å². The first-order chi connectivity index (χ1) is 11.2. The Hall–Kier alpha value is -2.08. The molecule has 2 N–H and O–H groups in total. The average molecular weight is 315 g/mol. The number of benzene rings is 1. The fourth-order valence-electron chi connectivity index (χ4n) is 3.88. The van der Waals surface area contributed by atoms with E-state index < -0.39 is 0 Å². The number of ether oxygens (including phenoxy) is 1. The summed E-state index contributed by atoms with van der Waals surface area (Å²) < 4.78 is 5.38. The molecule has 2 amide bonds. The molecule has 1 aromatic carbocycles. The highest BCUT2D eigenvalue weighted by molar-refractivity contribution is 5.99. The Morgan fingerprint density at radius 3 is 3.09 bits per heavy atom. The third kappa shape index (κ3) is 2.79. The van der Waals surface area contributed by atoms with E-state index in [1.165, 1.54) is 19.3 Å². The second kappa shape index (κ2) is 5.85. The molecule has 0 aromatic heterocycles. The number of rotatable bonds is 2. The van der Waals surface area contributed by atoms with Crippen LogP contribution in [0.2, 0.25) is 0 Å². The summed E-state index contributed by atoms with van der Waals surface area (Å²) in [5.41, 5.74) is 1.20. The molecule has 0 saturated carbocycles. The number of fused-ring (bicyclic) bond motifs is 2. The topological polar surface area (TPSA) is 70.7 Å². The smallest absolute Gasteiger partial charge is 0.262 e. The summed E-state index contributed by atoms with van der Waals surface area (Å²) in [6, 6.07) is 5.89. The summed E-state index contributed by atoms with van der Waals surface area (Å²) in [7, 11) is 0. The van der Waals surface area contributed by atoms with Crippen molar-refractivity contribution < 1.29 is 14.3 Å². The summed E-state index contributed by atoms with van der Waals surface area (Å²) in [5, 5.41) is 5.92. The SMILES string of the molecule is O=C1COc2cc(C(=O)N[C@@H]3CCN4CCCC[C@@H]34)ccc2N1. The summed E-state index contributed by atoms with van der Waals surface area (Å²) in [5.74, 6) is 0.326. The molecule has 0 spiro atoms. The van der Waals surface area contributed by atoms with Crippen molar-refractivity contribution in [2.45, 2.75) is 37.8 Å². The number of piperidine rings is 1. The van der Waals surface area contributed by atoms with Gasteiger partial charge in [0.05, 0.1) is 5.69 Å². The Morgan fingerprint density at radius 2 is 2.17 bits per heavy atom. The number of nitrogens with one attached hydrogen (secondary N) is 2. The molecular weight excluding hydrogens is 294 g/mol. The Bertz CT molecular complexity index is 646. The lowest BCUT2D eigenvalue weighted by Gasteiger charge is -2.32. The number of nitrogens with zero attached hydrogens (tertiary/aromatic N) is 1. The Kier molecular flexibility index (Phi) is 3.69. The van der Waals surface area contributed by atoms with Crippen LogP contribution in [-0.4, -0.2) is 48.5 Å². The molecule has 3 aliphatic rings. The summed E-state index contributed by atoms with van der Waals surface area (Å²) in [6.07, 6.45) is 4.71. The van der Waals surface area contributed by atoms with E-state index in [0.717, 1.165) is 19.5 Å². The molecule has 122 valence electrons. The van der Waals surface area contributed by atoms with Gasteiger partial charge in [-0.25, -0.2) is 0 Å². The van der Waals surface area contributed by atoms with Gasteiger partial charge in [0.25, 0.3) is 11.8 Å². The largest absolute Gasteiger partial charge is 0.482 e. The van der Waals surface area contributed by atoms with Gasteiger partial charge in [0.1, 0.15) is 5.75 Å². The number of carbonyl (C=O) groups is 2. The third-order valence-corrected chi connectivity index (χ3v) is 5.05. The van der Waals surface area contributed by atoms with Crippen LogP contribution in [0.1, 0.15) is 36.0 Å². The summed E-state index contributed by atoms with van der Waals surface area (Å²) >= 11 is 0. The molecule has 0 aliphatic carbocycles. The quantitative estimate of drug-likeness (QED) is 0.865. The van der Waals surface area contributed by atoms with Crippen LogP contribution in [-0.2, 0) is 4.79 Å². The van der Waals surface area contributed by atoms with Gasteiger partial charge in [0, 0.05) is 24.2 Å². The highest BCUT2D eigenvalue weighted by Gasteiger charge is 2.36. The first kappa shape index (κ1) is 14.5. The zero-order valence-corrected chi connectivity index (χ0v) is 13.0. The molecule has 0 unspecified atom stereocenters. The standard InChI is InChI=1S/C17H21N3O3/c21-16-10-23-15-9-11(4-5-13(15)18-16)17(22)19-12-6-8-20-7-2-1-3-14(12)20/h4-5,9,12,14H,1-3,6-8,10H2,(H,18,21)(H,19,22)/t12-,14+/m1/s1. The van der Waals surface area contributed by atoms with Crippen molar-refractivity contribution in [3.8, 4) is 5.75 Å². The average Bonchev–Trinajstić information content (AvgIpc) is 2.97. The maximum atomic E-state index is 12.6. The van der Waals surface area contributed by atoms with E-state index in [9.17, 15) is 9.59 Å². The van der Waals surface area contributed by atoms with Crippen molar-refractivity contribution in [2.75, 3.05) is 25.0 Å². The molecule has 23 heavy (non-hydrogen) atoms. The monoisotopic (exact) mass is 315 g/mol. The van der Waals surface area contributed by atoms with Crippen LogP contribution >= 0.6 is 0 Å². The second-order valence-electron chi connectivity index (χ2n) is 6.52. The van der Waals surface area contributed by atoms with Crippen LogP contribution in [0.25, 0.3) is 0 Å². The third-order valence-electron chi connectivity index (χ3n) is 5.05. The van der Waals surface area contributed by atoms with E-state index in [1.54, 1.807) is 18.2 Å². The minimum Gasteiger partial charge on any atom is -0.482 e. The summed E-state index contributed by atoms with van der Waals surface area (Å²) in [4.78, 5) is 26.3. The molecule has 4 rings (SSSR count). The predicted molar refractivity (Wildman–Crippen MR) is 85.6 cm³/mol. The first-order valence-electron chi connectivity index (χ1n) is 8.32. The van der Waals surface area contributed by atoms with E-state index in [2.05, 4.69) is 15.5 Å². The molecule has 2 saturated heterocycles. The Balaban J connectivity index is 1.46. The van der Waals surface area contributed by atoms with Gasteiger partial charge in [0.15, 0.2) is 6.61 Å². The van der Waals surface area contributed by atoms with Crippen LogP contribution < -0.4 is 15.4 Å². The minimum atomic E-state index is -0.168. The van der Waals surface area contributed by atoms with Gasteiger partial charge in [-0.1, -0.05) is 6.42 Å². The van der Waals surface area contributed by atoms with Gasteiger partial charge in [-0.15, -0.1) is 0 Å². The highest BCUT2D eigenvalue weighted by atomic mass is 16.5. The van der Waals surface area contributed by atoms with Crippen LogP contribution in [0.5, 0.6) is 5.75 Å². The molecule has 6 heteroatoms. The number of amides is 2. The van der Waals surface area contributed by atoms with Gasteiger partial charge in [-0.2, -0.15) is 0 Å². The van der Waals surface area contributed by atoms with Gasteiger partial charge < -0.3 is 15.4 Å². The fourth-order valence-corrected chi connectivity index (χ4v) is 3.88. The lowest BCUT2D eigenvalue weighted by Crippen LogP contribution is -2.46. The number of anilines is 1. The molecule has 2 fully saturated rings. The van der Waals surface area contributed by atoms with Crippen LogP contribution in [0, 0.1) is 0 Å². The molecule has 2 atom stereocenters. The van der Waals surface area contributed by atoms with Crippen LogP contribution in [0.3, 0.4) is 0 Å². The zero-order valence-electron chi connectivity index (χ0n) is 13.0. The van der Waals surface area contributed by atoms with E-state index in [-0.39, 0.29) is 24.5 Å². The van der Waals surface area contributed by atoms with Crippen molar-refractivity contribution in [1.82, 2.24) is 10.2 Å². The lowest BCUT2D eigenvalue weighted by atomic mass is 9.98. The fraction of sp³-hybridized carbons (Fsp3) is 0.529. The number of carbonyl (C=O) groups excluding carboxylic acids is 2. The van der Waals surface area contributed by atoms with Crippen molar-refractivity contribution in [1.29, 1.82) is 0 Å². The molecule has 3 aliphatic heterocycles. The highest BCUT2D eigenvalue weighted by Crippen LogP contribution is 2.30. The van der Waals surface area contributed by atoms with Crippen molar-refractivity contribution in [3.63, 3.8) is 0 Å². The molecule has 3 heterocycles. The summed E-state index contributed by atoms with van der Waals surface area (Å²) in [6.45, 7) is 2.23. The van der Waals surface area contributed by atoms with E-state index >= 15 is 0 Å². The number of hydrogen-bond donors (Lipinski definition) is 2. The van der Waals surface area contributed by atoms with Crippen LogP contribution in [0.4, 0.5) is 5.69 Å². The minimum absolute atomic E-state index is 0.00225. The van der Waals surface area contributed by atoms with Crippen molar-refractivity contribution in [2.24, 2.45) is 0 Å². The van der Waals surface area contributed by atoms with Crippen LogP contribution in [0.15, 0.2) is 18.2 Å². The molecular formula is C17H21N3O3. The lowest BCUT2D eigenvalue weighted by molar-refractivity contribution is -0.118. The van der Waals surface area contributed by atoms with Crippen molar-refractivity contribution in [3.05, 3.63) is 23.8 Å². The molecule has 0 radical (unpaired) electrons. The maximum Gasteiger partial charge on any atom is 0.262 e. The molecule has 6 nitrogen and oxygen atoms in total. The normalized spacial score (nSPS) is 26.7. The Morgan fingerprint density at radius 1 is 1.26 bits per heavy atom. The molecule has 0 bridgehead atoms. The van der Waals surface area contributed by atoms with Crippen molar-refractivity contribution >= 4 is 17.5 Å². The Labute approximate surface area is 135 Å². The second-order valence-corrected chi connectivity index (χ2v) is 6.52. The predicted octanol–water partition coefficient (Wildman–Crippen LogP) is 1.37. The van der Waals surface area contributed by atoms with E-state index in [0.29, 0.717) is 23.0 Å². The molecule has 1 aromatic rings. The van der Waals surface area contributed by atoms with Gasteiger partial charge >= 0.3 is 0 Å². The van der Waals surface area contributed by atoms with E-state index in [1.807, 2.05) is 0 Å². The van der Waals surface area contributed by atoms with Gasteiger partial charge in [-0.3, -0.25) is 14.5 Å². The number of hydrogen-bond acceptors (Lipinski definition) is 4. The van der Waals surface area contributed by atoms with E-state index in [4.69, 9.17) is 4.74 Å². The first-order valence-corrected chi connectivity index (χ1v) is 8.32. The zero-order chi connectivity index (χ0) is 15.8. The van der Waals surface area contributed by atoms with Gasteiger partial charge in [0.2, 0.25) is 0 Å².